The molecule has 3 rings (SSSR count). The molecular formula is C15H21ClN2S. The van der Waals surface area contributed by atoms with E-state index in [9.17, 15) is 0 Å². The lowest BCUT2D eigenvalue weighted by molar-refractivity contribution is 0.426. The Morgan fingerprint density at radius 1 is 1.11 bits per heavy atom. The van der Waals surface area contributed by atoms with E-state index in [0.29, 0.717) is 6.04 Å². The van der Waals surface area contributed by atoms with Crippen LogP contribution in [-0.4, -0.2) is 12.7 Å². The van der Waals surface area contributed by atoms with Gasteiger partial charge in [-0.1, -0.05) is 43.7 Å². The molecule has 19 heavy (non-hydrogen) atoms. The number of halogens is 1. The molecular weight excluding hydrogens is 276 g/mol. The van der Waals surface area contributed by atoms with Gasteiger partial charge in [0.05, 0.1) is 12.4 Å². The number of rotatable bonds is 1. The molecule has 0 radical (unpaired) electrons. The van der Waals surface area contributed by atoms with Gasteiger partial charge in [0.1, 0.15) is 0 Å². The molecule has 0 saturated heterocycles. The monoisotopic (exact) mass is 296 g/mol. The third-order valence-corrected chi connectivity index (χ3v) is 5.22. The second-order valence-corrected chi connectivity index (χ2v) is 6.85. The summed E-state index contributed by atoms with van der Waals surface area (Å²) in [5.74, 6) is 0. The highest BCUT2D eigenvalue weighted by Gasteiger charge is 2.24. The molecule has 1 fully saturated rings. The fraction of sp³-hybridized carbons (Fsp3) is 0.600. The quantitative estimate of drug-likeness (QED) is 0.748. The summed E-state index contributed by atoms with van der Waals surface area (Å²) in [6, 6.07) is 6.96. The highest BCUT2D eigenvalue weighted by atomic mass is 35.5. The van der Waals surface area contributed by atoms with Crippen LogP contribution in [-0.2, 0) is 0 Å². The van der Waals surface area contributed by atoms with Gasteiger partial charge in [0.25, 0.3) is 0 Å². The Balaban J connectivity index is 1.81. The SMILES string of the molecule is Clc1ccc2c(c1)SNCN2C1CCCCCCC1. The van der Waals surface area contributed by atoms with Gasteiger partial charge in [-0.25, -0.2) is 4.72 Å². The number of anilines is 1. The van der Waals surface area contributed by atoms with E-state index in [1.807, 2.05) is 6.07 Å². The van der Waals surface area contributed by atoms with Crippen molar-refractivity contribution >= 4 is 29.2 Å². The summed E-state index contributed by atoms with van der Waals surface area (Å²) in [6.45, 7) is 0.948. The summed E-state index contributed by atoms with van der Waals surface area (Å²) >= 11 is 7.80. The maximum Gasteiger partial charge on any atom is 0.0781 e. The van der Waals surface area contributed by atoms with E-state index in [2.05, 4.69) is 21.8 Å². The summed E-state index contributed by atoms with van der Waals surface area (Å²) < 4.78 is 3.44. The van der Waals surface area contributed by atoms with Gasteiger partial charge in [0.15, 0.2) is 0 Å². The predicted octanol–water partition coefficient (Wildman–Crippen LogP) is 4.83. The van der Waals surface area contributed by atoms with E-state index in [1.54, 1.807) is 11.9 Å². The Morgan fingerprint density at radius 3 is 2.63 bits per heavy atom. The van der Waals surface area contributed by atoms with E-state index < -0.39 is 0 Å². The van der Waals surface area contributed by atoms with Crippen LogP contribution in [0.4, 0.5) is 5.69 Å². The summed E-state index contributed by atoms with van der Waals surface area (Å²) in [7, 11) is 0. The van der Waals surface area contributed by atoms with Crippen molar-refractivity contribution in [2.75, 3.05) is 11.6 Å². The van der Waals surface area contributed by atoms with Gasteiger partial charge in [-0.2, -0.15) is 0 Å². The first-order valence-corrected chi connectivity index (χ1v) is 8.50. The highest BCUT2D eigenvalue weighted by Crippen LogP contribution is 2.37. The molecule has 1 N–H and O–H groups in total. The van der Waals surface area contributed by atoms with Crippen molar-refractivity contribution in [2.45, 2.75) is 55.9 Å². The maximum absolute atomic E-state index is 6.10. The van der Waals surface area contributed by atoms with Crippen molar-refractivity contribution in [1.29, 1.82) is 0 Å². The van der Waals surface area contributed by atoms with Crippen LogP contribution in [0.15, 0.2) is 23.1 Å². The normalized spacial score (nSPS) is 21.6. The molecule has 0 bridgehead atoms. The van der Waals surface area contributed by atoms with Crippen LogP contribution in [0.2, 0.25) is 5.02 Å². The second kappa shape index (κ2) is 6.38. The van der Waals surface area contributed by atoms with Crippen LogP contribution in [0, 0.1) is 0 Å². The van der Waals surface area contributed by atoms with E-state index in [4.69, 9.17) is 11.6 Å². The van der Waals surface area contributed by atoms with Crippen LogP contribution < -0.4 is 9.62 Å². The third kappa shape index (κ3) is 3.21. The summed E-state index contributed by atoms with van der Waals surface area (Å²) in [6.07, 6.45) is 9.63. The predicted molar refractivity (Wildman–Crippen MR) is 83.9 cm³/mol. The van der Waals surface area contributed by atoms with Gasteiger partial charge in [-0.15, -0.1) is 0 Å². The Bertz CT molecular complexity index is 430. The Kier molecular flexibility index (Phi) is 4.57. The molecule has 104 valence electrons. The molecule has 0 unspecified atom stereocenters. The van der Waals surface area contributed by atoms with Gasteiger partial charge in [0, 0.05) is 16.0 Å². The van der Waals surface area contributed by atoms with E-state index >= 15 is 0 Å². The first kappa shape index (κ1) is 13.6. The standard InChI is InChI=1S/C15H21ClN2S/c16-12-8-9-14-15(10-12)19-17-11-18(14)13-6-4-2-1-3-5-7-13/h8-10,13,17H,1-7,11H2. The molecule has 0 aromatic heterocycles. The number of nitrogens with zero attached hydrogens (tertiary/aromatic N) is 1. The van der Waals surface area contributed by atoms with Crippen LogP contribution in [0.1, 0.15) is 44.9 Å². The van der Waals surface area contributed by atoms with Crippen molar-refractivity contribution in [3.8, 4) is 0 Å². The lowest BCUT2D eigenvalue weighted by Crippen LogP contribution is -2.43. The first-order valence-electron chi connectivity index (χ1n) is 7.30. The molecule has 0 amide bonds. The molecule has 2 nitrogen and oxygen atoms in total. The molecule has 1 aliphatic heterocycles. The van der Waals surface area contributed by atoms with Crippen molar-refractivity contribution in [3.05, 3.63) is 23.2 Å². The van der Waals surface area contributed by atoms with E-state index in [0.717, 1.165) is 11.7 Å². The lowest BCUT2D eigenvalue weighted by atomic mass is 9.95. The van der Waals surface area contributed by atoms with Crippen molar-refractivity contribution < 1.29 is 0 Å². The highest BCUT2D eigenvalue weighted by molar-refractivity contribution is 7.97. The molecule has 0 atom stereocenters. The van der Waals surface area contributed by atoms with Crippen LogP contribution in [0.5, 0.6) is 0 Å². The zero-order valence-corrected chi connectivity index (χ0v) is 12.8. The minimum Gasteiger partial charge on any atom is -0.354 e. The van der Waals surface area contributed by atoms with Gasteiger partial charge in [-0.05, 0) is 43.0 Å². The van der Waals surface area contributed by atoms with E-state index in [1.165, 1.54) is 55.5 Å². The Labute approximate surface area is 125 Å². The number of fused-ring (bicyclic) bond motifs is 1. The number of hydrogen-bond acceptors (Lipinski definition) is 3. The summed E-state index contributed by atoms with van der Waals surface area (Å²) in [5.41, 5.74) is 1.36. The molecule has 4 heteroatoms. The third-order valence-electron chi connectivity index (χ3n) is 4.16. The maximum atomic E-state index is 6.10. The van der Waals surface area contributed by atoms with Crippen molar-refractivity contribution in [3.63, 3.8) is 0 Å². The van der Waals surface area contributed by atoms with Gasteiger partial charge in [-0.3, -0.25) is 0 Å². The Hall–Kier alpha value is -0.380. The Morgan fingerprint density at radius 2 is 1.84 bits per heavy atom. The molecule has 2 aliphatic rings. The minimum absolute atomic E-state index is 0.689. The van der Waals surface area contributed by atoms with Crippen molar-refractivity contribution in [1.82, 2.24) is 4.72 Å². The molecule has 1 aromatic carbocycles. The minimum atomic E-state index is 0.689. The zero-order valence-electron chi connectivity index (χ0n) is 11.2. The topological polar surface area (TPSA) is 15.3 Å². The second-order valence-electron chi connectivity index (χ2n) is 5.49. The fourth-order valence-corrected chi connectivity index (χ4v) is 4.22. The number of nitrogens with one attached hydrogen (secondary N) is 1. The van der Waals surface area contributed by atoms with Crippen LogP contribution >= 0.6 is 23.5 Å². The largest absolute Gasteiger partial charge is 0.354 e. The lowest BCUT2D eigenvalue weighted by Gasteiger charge is -2.38. The average Bonchev–Trinajstić information content (AvgIpc) is 2.37. The number of benzene rings is 1. The first-order chi connectivity index (χ1) is 9.34. The molecule has 1 heterocycles. The zero-order chi connectivity index (χ0) is 13.1. The van der Waals surface area contributed by atoms with Gasteiger partial charge >= 0.3 is 0 Å². The molecule has 1 aliphatic carbocycles. The van der Waals surface area contributed by atoms with Crippen molar-refractivity contribution in [2.24, 2.45) is 0 Å². The van der Waals surface area contributed by atoms with Crippen LogP contribution in [0.3, 0.4) is 0 Å². The fourth-order valence-electron chi connectivity index (χ4n) is 3.14. The van der Waals surface area contributed by atoms with Gasteiger partial charge in [0.2, 0.25) is 0 Å². The summed E-state index contributed by atoms with van der Waals surface area (Å²) in [4.78, 5) is 3.81. The molecule has 1 saturated carbocycles. The average molecular weight is 297 g/mol. The number of hydrogen-bond donors (Lipinski definition) is 1. The summed E-state index contributed by atoms with van der Waals surface area (Å²) in [5, 5.41) is 0.826. The van der Waals surface area contributed by atoms with E-state index in [-0.39, 0.29) is 0 Å². The smallest absolute Gasteiger partial charge is 0.0781 e. The molecule has 1 aromatic rings. The molecule has 0 spiro atoms. The van der Waals surface area contributed by atoms with Gasteiger partial charge < -0.3 is 4.90 Å². The van der Waals surface area contributed by atoms with Crippen LogP contribution in [0.25, 0.3) is 0 Å².